The molecule has 0 aromatic heterocycles. The van der Waals surface area contributed by atoms with Gasteiger partial charge in [0.1, 0.15) is 5.75 Å². The van der Waals surface area contributed by atoms with Gasteiger partial charge in [0.15, 0.2) is 0 Å². The predicted molar refractivity (Wildman–Crippen MR) is 70.7 cm³/mol. The molecular formula is C14H21NO3. The van der Waals surface area contributed by atoms with Gasteiger partial charge >= 0.3 is 0 Å². The molecule has 0 fully saturated rings. The van der Waals surface area contributed by atoms with Crippen molar-refractivity contribution in [2.75, 3.05) is 13.2 Å². The predicted octanol–water partition coefficient (Wildman–Crippen LogP) is 1.84. The summed E-state index contributed by atoms with van der Waals surface area (Å²) in [6.45, 7) is 6.39. The lowest BCUT2D eigenvalue weighted by molar-refractivity contribution is 0.0927. The number of carbonyl (C=O) groups excluding carboxylic acids is 1. The van der Waals surface area contributed by atoms with E-state index in [4.69, 9.17) is 5.11 Å². The molecule has 0 aliphatic rings. The van der Waals surface area contributed by atoms with Crippen LogP contribution in [0.2, 0.25) is 0 Å². The average molecular weight is 251 g/mol. The number of hydrogen-bond donors (Lipinski definition) is 3. The molecule has 1 aromatic rings. The molecular weight excluding hydrogens is 230 g/mol. The SMILES string of the molecule is Cc1cc(O)ccc1C(=O)NCC(C)(C)CCO. The van der Waals surface area contributed by atoms with E-state index in [-0.39, 0.29) is 23.7 Å². The summed E-state index contributed by atoms with van der Waals surface area (Å²) in [6.07, 6.45) is 0.641. The Morgan fingerprint density at radius 2 is 2.06 bits per heavy atom. The number of hydrogen-bond acceptors (Lipinski definition) is 3. The molecule has 0 aliphatic heterocycles. The van der Waals surface area contributed by atoms with Crippen molar-refractivity contribution in [3.8, 4) is 5.75 Å². The Labute approximate surface area is 108 Å². The largest absolute Gasteiger partial charge is 0.508 e. The zero-order valence-electron chi connectivity index (χ0n) is 11.2. The third kappa shape index (κ3) is 4.04. The number of phenols is 1. The van der Waals surface area contributed by atoms with Crippen LogP contribution in [0.3, 0.4) is 0 Å². The quantitative estimate of drug-likeness (QED) is 0.748. The first-order chi connectivity index (χ1) is 8.35. The van der Waals surface area contributed by atoms with Crippen LogP contribution in [0.15, 0.2) is 18.2 Å². The topological polar surface area (TPSA) is 69.6 Å². The number of aromatic hydroxyl groups is 1. The molecule has 0 radical (unpaired) electrons. The van der Waals surface area contributed by atoms with E-state index >= 15 is 0 Å². The van der Waals surface area contributed by atoms with Gasteiger partial charge in [-0.3, -0.25) is 4.79 Å². The minimum Gasteiger partial charge on any atom is -0.508 e. The highest BCUT2D eigenvalue weighted by Crippen LogP contribution is 2.19. The van der Waals surface area contributed by atoms with Crippen molar-refractivity contribution in [1.29, 1.82) is 0 Å². The summed E-state index contributed by atoms with van der Waals surface area (Å²) in [5, 5.41) is 21.1. The Morgan fingerprint density at radius 1 is 1.39 bits per heavy atom. The third-order valence-corrected chi connectivity index (χ3v) is 2.97. The summed E-state index contributed by atoms with van der Waals surface area (Å²) < 4.78 is 0. The number of phenolic OH excluding ortho intramolecular Hbond substituents is 1. The highest BCUT2D eigenvalue weighted by molar-refractivity contribution is 5.95. The lowest BCUT2D eigenvalue weighted by atomic mass is 9.89. The molecule has 0 bridgehead atoms. The minimum atomic E-state index is -0.154. The van der Waals surface area contributed by atoms with E-state index in [1.54, 1.807) is 19.1 Å². The van der Waals surface area contributed by atoms with E-state index in [0.717, 1.165) is 5.56 Å². The molecule has 4 nitrogen and oxygen atoms in total. The van der Waals surface area contributed by atoms with Crippen LogP contribution in [-0.4, -0.2) is 29.3 Å². The number of rotatable bonds is 5. The molecule has 0 aliphatic carbocycles. The lowest BCUT2D eigenvalue weighted by Crippen LogP contribution is -2.34. The molecule has 0 spiro atoms. The molecule has 1 amide bonds. The van der Waals surface area contributed by atoms with Crippen LogP contribution in [-0.2, 0) is 0 Å². The Kier molecular flexibility index (Phi) is 4.73. The van der Waals surface area contributed by atoms with Crippen molar-refractivity contribution in [1.82, 2.24) is 5.32 Å². The van der Waals surface area contributed by atoms with E-state index in [2.05, 4.69) is 5.32 Å². The van der Waals surface area contributed by atoms with Crippen molar-refractivity contribution in [2.45, 2.75) is 27.2 Å². The summed E-state index contributed by atoms with van der Waals surface area (Å²) >= 11 is 0. The first-order valence-electron chi connectivity index (χ1n) is 6.04. The number of carbonyl (C=O) groups is 1. The molecule has 0 atom stereocenters. The van der Waals surface area contributed by atoms with Crippen LogP contribution in [0.25, 0.3) is 0 Å². The molecule has 0 saturated heterocycles. The number of benzene rings is 1. The van der Waals surface area contributed by atoms with Gasteiger partial charge in [-0.05, 0) is 42.5 Å². The first kappa shape index (κ1) is 14.5. The third-order valence-electron chi connectivity index (χ3n) is 2.97. The van der Waals surface area contributed by atoms with Crippen LogP contribution >= 0.6 is 0 Å². The van der Waals surface area contributed by atoms with E-state index in [1.807, 2.05) is 13.8 Å². The number of aryl methyl sites for hydroxylation is 1. The second-order valence-electron chi connectivity index (χ2n) is 5.32. The molecule has 4 heteroatoms. The van der Waals surface area contributed by atoms with E-state index in [1.165, 1.54) is 6.07 Å². The maximum Gasteiger partial charge on any atom is 0.251 e. The van der Waals surface area contributed by atoms with Crippen molar-refractivity contribution in [3.63, 3.8) is 0 Å². The monoisotopic (exact) mass is 251 g/mol. The second-order valence-corrected chi connectivity index (χ2v) is 5.32. The van der Waals surface area contributed by atoms with Crippen LogP contribution in [0.4, 0.5) is 0 Å². The highest BCUT2D eigenvalue weighted by atomic mass is 16.3. The maximum absolute atomic E-state index is 12.0. The normalized spacial score (nSPS) is 11.3. The van der Waals surface area contributed by atoms with Gasteiger partial charge < -0.3 is 15.5 Å². The molecule has 100 valence electrons. The van der Waals surface area contributed by atoms with E-state index < -0.39 is 0 Å². The fourth-order valence-corrected chi connectivity index (χ4v) is 1.71. The standard InChI is InChI=1S/C14H21NO3/c1-10-8-11(17)4-5-12(10)13(18)15-9-14(2,3)6-7-16/h4-5,8,16-17H,6-7,9H2,1-3H3,(H,15,18). The molecule has 0 saturated carbocycles. The first-order valence-corrected chi connectivity index (χ1v) is 6.04. The van der Waals surface area contributed by atoms with E-state index in [0.29, 0.717) is 18.5 Å². The van der Waals surface area contributed by atoms with Gasteiger partial charge in [-0.2, -0.15) is 0 Å². The lowest BCUT2D eigenvalue weighted by Gasteiger charge is -2.24. The van der Waals surface area contributed by atoms with Crippen LogP contribution in [0.1, 0.15) is 36.2 Å². The summed E-state index contributed by atoms with van der Waals surface area (Å²) in [5.74, 6) is 0.00294. The number of amides is 1. The fourth-order valence-electron chi connectivity index (χ4n) is 1.71. The van der Waals surface area contributed by atoms with Crippen molar-refractivity contribution in [2.24, 2.45) is 5.41 Å². The van der Waals surface area contributed by atoms with Gasteiger partial charge in [0, 0.05) is 18.7 Å². The van der Waals surface area contributed by atoms with Crippen LogP contribution in [0.5, 0.6) is 5.75 Å². The summed E-state index contributed by atoms with van der Waals surface area (Å²) in [4.78, 5) is 12.0. The molecule has 1 aromatic carbocycles. The molecule has 0 unspecified atom stereocenters. The van der Waals surface area contributed by atoms with Crippen LogP contribution < -0.4 is 5.32 Å². The van der Waals surface area contributed by atoms with Gasteiger partial charge in [0.2, 0.25) is 0 Å². The zero-order chi connectivity index (χ0) is 13.8. The van der Waals surface area contributed by atoms with Gasteiger partial charge in [0.25, 0.3) is 5.91 Å². The van der Waals surface area contributed by atoms with Crippen molar-refractivity contribution in [3.05, 3.63) is 29.3 Å². The van der Waals surface area contributed by atoms with Crippen LogP contribution in [0, 0.1) is 12.3 Å². The highest BCUT2D eigenvalue weighted by Gasteiger charge is 2.19. The summed E-state index contributed by atoms with van der Waals surface area (Å²) in [5.41, 5.74) is 1.18. The van der Waals surface area contributed by atoms with Gasteiger partial charge in [-0.25, -0.2) is 0 Å². The molecule has 0 heterocycles. The van der Waals surface area contributed by atoms with Gasteiger partial charge in [-0.1, -0.05) is 13.8 Å². The van der Waals surface area contributed by atoms with E-state index in [9.17, 15) is 9.90 Å². The number of nitrogens with one attached hydrogen (secondary N) is 1. The molecule has 1 rings (SSSR count). The Hall–Kier alpha value is -1.55. The average Bonchev–Trinajstić information content (AvgIpc) is 2.26. The zero-order valence-corrected chi connectivity index (χ0v) is 11.2. The second kappa shape index (κ2) is 5.87. The number of aliphatic hydroxyl groups excluding tert-OH is 1. The summed E-state index contributed by atoms with van der Waals surface area (Å²) in [6, 6.07) is 4.67. The smallest absolute Gasteiger partial charge is 0.251 e. The number of aliphatic hydroxyl groups is 1. The summed E-state index contributed by atoms with van der Waals surface area (Å²) in [7, 11) is 0. The van der Waals surface area contributed by atoms with Gasteiger partial charge in [-0.15, -0.1) is 0 Å². The fraction of sp³-hybridized carbons (Fsp3) is 0.500. The van der Waals surface area contributed by atoms with Crippen molar-refractivity contribution >= 4 is 5.91 Å². The Morgan fingerprint density at radius 3 is 2.61 bits per heavy atom. The maximum atomic E-state index is 12.0. The van der Waals surface area contributed by atoms with Gasteiger partial charge in [0.05, 0.1) is 0 Å². The molecule has 18 heavy (non-hydrogen) atoms. The molecule has 3 N–H and O–H groups in total. The Balaban J connectivity index is 2.66. The van der Waals surface area contributed by atoms with Crippen molar-refractivity contribution < 1.29 is 15.0 Å². The Bertz CT molecular complexity index is 427. The minimum absolute atomic E-state index is 0.112.